The second-order valence-corrected chi connectivity index (χ2v) is 5.59. The van der Waals surface area contributed by atoms with Crippen LogP contribution in [-0.2, 0) is 6.42 Å². The number of hydrogen-bond acceptors (Lipinski definition) is 2. The number of carbonyl (C=O) groups excluding carboxylic acids is 1. The highest BCUT2D eigenvalue weighted by atomic mass is 35.5. The molecule has 104 valence electrons. The van der Waals surface area contributed by atoms with Crippen LogP contribution in [0, 0.1) is 0 Å². The van der Waals surface area contributed by atoms with Gasteiger partial charge in [0, 0.05) is 33.6 Å². The number of pyridine rings is 1. The van der Waals surface area contributed by atoms with Crippen molar-refractivity contribution in [3.05, 3.63) is 75.9 Å². The molecule has 1 heterocycles. The zero-order valence-corrected chi connectivity index (χ0v) is 12.5. The smallest absolute Gasteiger partial charge is 0.167 e. The third-order valence-electron chi connectivity index (χ3n) is 3.28. The maximum Gasteiger partial charge on any atom is 0.167 e. The number of Topliss-reactive ketones (excluding diaryl/α,β-unsaturated/α-hetero) is 1. The lowest BCUT2D eigenvalue weighted by Crippen LogP contribution is -2.04. The van der Waals surface area contributed by atoms with Crippen LogP contribution in [0.4, 0.5) is 0 Å². The molecule has 0 bridgehead atoms. The molecule has 0 atom stereocenters. The van der Waals surface area contributed by atoms with Crippen molar-refractivity contribution < 1.29 is 4.79 Å². The van der Waals surface area contributed by atoms with Gasteiger partial charge >= 0.3 is 0 Å². The van der Waals surface area contributed by atoms with Gasteiger partial charge in [0.2, 0.25) is 0 Å². The lowest BCUT2D eigenvalue weighted by Gasteiger charge is -2.06. The minimum Gasteiger partial charge on any atom is -0.294 e. The molecule has 3 aromatic rings. The minimum absolute atomic E-state index is 0.00456. The predicted molar refractivity (Wildman–Crippen MR) is 86.2 cm³/mol. The number of hydrogen-bond donors (Lipinski definition) is 0. The molecule has 0 saturated heterocycles. The highest BCUT2D eigenvalue weighted by Gasteiger charge is 2.11. The maximum atomic E-state index is 12.4. The van der Waals surface area contributed by atoms with E-state index in [-0.39, 0.29) is 12.2 Å². The van der Waals surface area contributed by atoms with E-state index >= 15 is 0 Å². The van der Waals surface area contributed by atoms with Crippen molar-refractivity contribution in [1.29, 1.82) is 0 Å². The van der Waals surface area contributed by atoms with Gasteiger partial charge in [0.05, 0.1) is 5.52 Å². The number of fused-ring (bicyclic) bond motifs is 1. The second kappa shape index (κ2) is 5.84. The van der Waals surface area contributed by atoms with Crippen molar-refractivity contribution in [1.82, 2.24) is 4.98 Å². The Balaban J connectivity index is 1.91. The van der Waals surface area contributed by atoms with Crippen LogP contribution in [0.1, 0.15) is 15.9 Å². The molecular formula is C17H11Cl2NO. The Morgan fingerprint density at radius 1 is 1.05 bits per heavy atom. The van der Waals surface area contributed by atoms with Gasteiger partial charge in [0.1, 0.15) is 0 Å². The van der Waals surface area contributed by atoms with Crippen LogP contribution in [0.5, 0.6) is 0 Å². The molecular weight excluding hydrogens is 305 g/mol. The second-order valence-electron chi connectivity index (χ2n) is 4.75. The molecule has 21 heavy (non-hydrogen) atoms. The van der Waals surface area contributed by atoms with E-state index in [1.54, 1.807) is 30.5 Å². The van der Waals surface area contributed by atoms with Gasteiger partial charge in [-0.15, -0.1) is 0 Å². The van der Waals surface area contributed by atoms with Crippen molar-refractivity contribution in [2.45, 2.75) is 6.42 Å². The van der Waals surface area contributed by atoms with E-state index < -0.39 is 0 Å². The Morgan fingerprint density at radius 3 is 2.76 bits per heavy atom. The van der Waals surface area contributed by atoms with E-state index in [9.17, 15) is 4.79 Å². The third-order valence-corrected chi connectivity index (χ3v) is 3.89. The molecule has 2 nitrogen and oxygen atoms in total. The molecule has 0 saturated carbocycles. The summed E-state index contributed by atoms with van der Waals surface area (Å²) in [5.41, 5.74) is 2.25. The summed E-state index contributed by atoms with van der Waals surface area (Å²) in [6, 6.07) is 14.4. The summed E-state index contributed by atoms with van der Waals surface area (Å²) in [6.45, 7) is 0. The number of ketones is 1. The van der Waals surface area contributed by atoms with E-state index in [4.69, 9.17) is 23.2 Å². The summed E-state index contributed by atoms with van der Waals surface area (Å²) in [5, 5.41) is 2.07. The van der Waals surface area contributed by atoms with Crippen molar-refractivity contribution >= 4 is 39.9 Å². The van der Waals surface area contributed by atoms with Gasteiger partial charge in [0.15, 0.2) is 5.78 Å². The van der Waals surface area contributed by atoms with Crippen LogP contribution in [0.2, 0.25) is 10.0 Å². The number of halogens is 2. The summed E-state index contributed by atoms with van der Waals surface area (Å²) in [6.07, 6.45) is 1.96. The van der Waals surface area contributed by atoms with Gasteiger partial charge in [-0.25, -0.2) is 0 Å². The van der Waals surface area contributed by atoms with Crippen LogP contribution in [0.3, 0.4) is 0 Å². The fourth-order valence-electron chi connectivity index (χ4n) is 2.20. The van der Waals surface area contributed by atoms with Crippen molar-refractivity contribution in [2.75, 3.05) is 0 Å². The SMILES string of the molecule is O=C(Cc1cc(Cl)ccc1Cl)c1ccc2ncccc2c1. The van der Waals surface area contributed by atoms with Gasteiger partial charge in [-0.1, -0.05) is 29.3 Å². The monoisotopic (exact) mass is 315 g/mol. The molecule has 0 spiro atoms. The normalized spacial score (nSPS) is 10.8. The van der Waals surface area contributed by atoms with Gasteiger partial charge in [0.25, 0.3) is 0 Å². The Morgan fingerprint density at radius 2 is 1.90 bits per heavy atom. The molecule has 0 unspecified atom stereocenters. The van der Waals surface area contributed by atoms with Crippen LogP contribution >= 0.6 is 23.2 Å². The van der Waals surface area contributed by atoms with Crippen LogP contribution in [0.25, 0.3) is 10.9 Å². The minimum atomic E-state index is 0.00456. The molecule has 4 heteroatoms. The quantitative estimate of drug-likeness (QED) is 0.639. The Bertz CT molecular complexity index is 830. The average molecular weight is 316 g/mol. The van der Waals surface area contributed by atoms with Gasteiger partial charge < -0.3 is 0 Å². The van der Waals surface area contributed by atoms with E-state index in [2.05, 4.69) is 4.98 Å². The van der Waals surface area contributed by atoms with Crippen molar-refractivity contribution in [2.24, 2.45) is 0 Å². The van der Waals surface area contributed by atoms with Gasteiger partial charge in [-0.05, 0) is 48.0 Å². The largest absolute Gasteiger partial charge is 0.294 e. The molecule has 3 rings (SSSR count). The highest BCUT2D eigenvalue weighted by Crippen LogP contribution is 2.23. The highest BCUT2D eigenvalue weighted by molar-refractivity contribution is 6.33. The fraction of sp³-hybridized carbons (Fsp3) is 0.0588. The lowest BCUT2D eigenvalue weighted by molar-refractivity contribution is 0.0993. The molecule has 0 aliphatic carbocycles. The zero-order chi connectivity index (χ0) is 14.8. The molecule has 0 fully saturated rings. The first-order valence-electron chi connectivity index (χ1n) is 6.45. The first-order chi connectivity index (χ1) is 10.1. The topological polar surface area (TPSA) is 30.0 Å². The number of benzene rings is 2. The van der Waals surface area contributed by atoms with Crippen molar-refractivity contribution in [3.63, 3.8) is 0 Å². The summed E-state index contributed by atoms with van der Waals surface area (Å²) < 4.78 is 0. The lowest BCUT2D eigenvalue weighted by atomic mass is 10.0. The third kappa shape index (κ3) is 3.07. The summed E-state index contributed by atoms with van der Waals surface area (Å²) in [5.74, 6) is 0.00456. The summed E-state index contributed by atoms with van der Waals surface area (Å²) >= 11 is 12.0. The molecule has 0 amide bonds. The molecule has 0 radical (unpaired) electrons. The predicted octanol–water partition coefficient (Wildman–Crippen LogP) is 4.97. The molecule has 1 aromatic heterocycles. The van der Waals surface area contributed by atoms with E-state index in [0.29, 0.717) is 15.6 Å². The average Bonchev–Trinajstić information content (AvgIpc) is 2.50. The number of rotatable bonds is 3. The van der Waals surface area contributed by atoms with Crippen LogP contribution in [-0.4, -0.2) is 10.8 Å². The molecule has 0 aliphatic heterocycles. The van der Waals surface area contributed by atoms with E-state index in [1.165, 1.54) is 0 Å². The number of nitrogens with zero attached hydrogens (tertiary/aromatic N) is 1. The first kappa shape index (κ1) is 14.1. The number of aromatic nitrogens is 1. The van der Waals surface area contributed by atoms with Crippen LogP contribution in [0.15, 0.2) is 54.7 Å². The Hall–Kier alpha value is -1.90. The number of carbonyl (C=O) groups is 1. The molecule has 0 N–H and O–H groups in total. The summed E-state index contributed by atoms with van der Waals surface area (Å²) in [7, 11) is 0. The Kier molecular flexibility index (Phi) is 3.91. The Labute approximate surface area is 132 Å². The van der Waals surface area contributed by atoms with E-state index in [0.717, 1.165) is 16.5 Å². The zero-order valence-electron chi connectivity index (χ0n) is 11.0. The summed E-state index contributed by atoms with van der Waals surface area (Å²) in [4.78, 5) is 16.6. The van der Waals surface area contributed by atoms with Crippen molar-refractivity contribution in [3.8, 4) is 0 Å². The molecule has 0 aliphatic rings. The first-order valence-corrected chi connectivity index (χ1v) is 7.21. The maximum absolute atomic E-state index is 12.4. The fourth-order valence-corrected chi connectivity index (χ4v) is 2.58. The van der Waals surface area contributed by atoms with Gasteiger partial charge in [-0.2, -0.15) is 0 Å². The van der Waals surface area contributed by atoms with Gasteiger partial charge in [-0.3, -0.25) is 9.78 Å². The standard InChI is InChI=1S/C17H11Cl2NO/c18-14-4-5-15(19)13(9-14)10-17(21)12-3-6-16-11(8-12)2-1-7-20-16/h1-9H,10H2. The van der Waals surface area contributed by atoms with E-state index in [1.807, 2.05) is 24.3 Å². The molecule has 2 aromatic carbocycles. The van der Waals surface area contributed by atoms with Crippen LogP contribution < -0.4 is 0 Å².